The zero-order valence-electron chi connectivity index (χ0n) is 5.09. The van der Waals surface area contributed by atoms with Crippen molar-refractivity contribution in [2.75, 3.05) is 6.61 Å². The fourth-order valence-electron chi connectivity index (χ4n) is 0.605. The van der Waals surface area contributed by atoms with Crippen LogP contribution >= 0.6 is 0 Å². The number of urea groups is 1. The minimum atomic E-state index is -0.690. The third-order valence-corrected chi connectivity index (χ3v) is 0.946. The number of amides is 2. The Hall–Kier alpha value is -1.52. The second kappa shape index (κ2) is 2.38. The molecule has 0 fully saturated rings. The van der Waals surface area contributed by atoms with E-state index in [1.54, 1.807) is 0 Å². The smallest absolute Gasteiger partial charge is 0.333 e. The lowest BCUT2D eigenvalue weighted by atomic mass is 10.4. The summed E-state index contributed by atoms with van der Waals surface area (Å²) in [5, 5.41) is 2.23. The van der Waals surface area contributed by atoms with Gasteiger partial charge in [0.15, 0.2) is 0 Å². The maximum atomic E-state index is 10.3. The Morgan fingerprint density at radius 2 is 2.50 bits per heavy atom. The Morgan fingerprint density at radius 1 is 1.80 bits per heavy atom. The molecule has 0 saturated carbocycles. The number of cyclic esters (lactones) is 1. The van der Waals surface area contributed by atoms with E-state index in [0.29, 0.717) is 5.70 Å². The Morgan fingerprint density at radius 3 is 2.90 bits per heavy atom. The summed E-state index contributed by atoms with van der Waals surface area (Å²) in [5.74, 6) is -0.455. The summed E-state index contributed by atoms with van der Waals surface area (Å²) >= 11 is 0. The van der Waals surface area contributed by atoms with Crippen LogP contribution in [-0.2, 0) is 9.53 Å². The van der Waals surface area contributed by atoms with Crippen LogP contribution in [0.5, 0.6) is 0 Å². The van der Waals surface area contributed by atoms with Gasteiger partial charge in [0.1, 0.15) is 6.61 Å². The van der Waals surface area contributed by atoms with Gasteiger partial charge in [0, 0.05) is 6.08 Å². The molecular formula is C5H6N2O3. The second-order valence-corrected chi connectivity index (χ2v) is 1.77. The zero-order valence-corrected chi connectivity index (χ0v) is 5.09. The van der Waals surface area contributed by atoms with Crippen LogP contribution in [0.25, 0.3) is 0 Å². The first-order chi connectivity index (χ1) is 4.68. The highest BCUT2D eigenvalue weighted by Gasteiger charge is 2.12. The molecule has 0 aliphatic carbocycles. The molecule has 3 N–H and O–H groups in total. The van der Waals surface area contributed by atoms with Gasteiger partial charge >= 0.3 is 12.0 Å². The molecule has 0 unspecified atom stereocenters. The molecule has 0 aromatic rings. The van der Waals surface area contributed by atoms with Crippen molar-refractivity contribution in [3.63, 3.8) is 0 Å². The lowest BCUT2D eigenvalue weighted by molar-refractivity contribution is -0.134. The fraction of sp³-hybridized carbons (Fsp3) is 0.200. The van der Waals surface area contributed by atoms with Gasteiger partial charge in [-0.15, -0.1) is 0 Å². The Balaban J connectivity index is 2.50. The first-order valence-electron chi connectivity index (χ1n) is 2.62. The summed E-state index contributed by atoms with van der Waals surface area (Å²) < 4.78 is 4.46. The number of hydrogen-bond acceptors (Lipinski definition) is 3. The molecule has 5 heteroatoms. The van der Waals surface area contributed by atoms with Crippen molar-refractivity contribution in [1.29, 1.82) is 0 Å². The van der Waals surface area contributed by atoms with E-state index in [0.717, 1.165) is 0 Å². The highest BCUT2D eigenvalue weighted by molar-refractivity contribution is 5.86. The molecule has 1 aliphatic rings. The molecule has 2 amide bonds. The Bertz CT molecular complexity index is 209. The molecule has 0 bridgehead atoms. The zero-order chi connectivity index (χ0) is 7.56. The van der Waals surface area contributed by atoms with E-state index in [1.807, 2.05) is 0 Å². The maximum Gasteiger partial charge on any atom is 0.333 e. The van der Waals surface area contributed by atoms with E-state index in [4.69, 9.17) is 5.73 Å². The summed E-state index contributed by atoms with van der Waals surface area (Å²) in [5.41, 5.74) is 5.16. The topological polar surface area (TPSA) is 81.4 Å². The van der Waals surface area contributed by atoms with Crippen molar-refractivity contribution >= 4 is 12.0 Å². The van der Waals surface area contributed by atoms with Gasteiger partial charge in [0.25, 0.3) is 0 Å². The molecule has 1 aliphatic heterocycles. The lowest BCUT2D eigenvalue weighted by Crippen LogP contribution is -2.29. The number of carbonyl (C=O) groups excluding carboxylic acids is 2. The van der Waals surface area contributed by atoms with Crippen molar-refractivity contribution in [1.82, 2.24) is 5.32 Å². The van der Waals surface area contributed by atoms with Crippen molar-refractivity contribution in [3.05, 3.63) is 11.8 Å². The van der Waals surface area contributed by atoms with E-state index < -0.39 is 12.0 Å². The third kappa shape index (κ3) is 1.48. The van der Waals surface area contributed by atoms with E-state index in [2.05, 4.69) is 10.1 Å². The average Bonchev–Trinajstić information content (AvgIpc) is 2.13. The Labute approximate surface area is 56.8 Å². The lowest BCUT2D eigenvalue weighted by Gasteiger charge is -1.97. The van der Waals surface area contributed by atoms with Crippen LogP contribution in [0.3, 0.4) is 0 Å². The monoisotopic (exact) mass is 142 g/mol. The molecule has 0 aromatic heterocycles. The average molecular weight is 142 g/mol. The molecule has 5 nitrogen and oxygen atoms in total. The van der Waals surface area contributed by atoms with Crippen molar-refractivity contribution < 1.29 is 14.3 Å². The predicted molar refractivity (Wildman–Crippen MR) is 31.8 cm³/mol. The van der Waals surface area contributed by atoms with E-state index in [-0.39, 0.29) is 6.61 Å². The SMILES string of the molecule is NC(=O)NC1=CC(=O)OC1. The van der Waals surface area contributed by atoms with Gasteiger partial charge in [0.2, 0.25) is 0 Å². The molecule has 0 saturated heterocycles. The number of nitrogens with two attached hydrogens (primary N) is 1. The minimum absolute atomic E-state index is 0.0990. The summed E-state index contributed by atoms with van der Waals surface area (Å²) in [6.07, 6.45) is 1.19. The van der Waals surface area contributed by atoms with E-state index in [1.165, 1.54) is 6.08 Å². The maximum absolute atomic E-state index is 10.3. The van der Waals surface area contributed by atoms with Crippen molar-refractivity contribution in [3.8, 4) is 0 Å². The van der Waals surface area contributed by atoms with Gasteiger partial charge < -0.3 is 15.8 Å². The summed E-state index contributed by atoms with van der Waals surface area (Å²) in [4.78, 5) is 20.5. The van der Waals surface area contributed by atoms with Gasteiger partial charge in [-0.25, -0.2) is 9.59 Å². The molecule has 0 atom stereocenters. The summed E-state index contributed by atoms with van der Waals surface area (Å²) in [7, 11) is 0. The quantitative estimate of drug-likeness (QED) is 0.465. The van der Waals surface area contributed by atoms with Gasteiger partial charge in [-0.3, -0.25) is 0 Å². The number of ether oxygens (including phenoxy) is 1. The number of nitrogens with one attached hydrogen (secondary N) is 1. The standard InChI is InChI=1S/C5H6N2O3/c6-5(9)7-3-1-4(8)10-2-3/h1H,2H2,(H3,6,7,9). The first-order valence-corrected chi connectivity index (χ1v) is 2.62. The molecule has 54 valence electrons. The van der Waals surface area contributed by atoms with Crippen molar-refractivity contribution in [2.24, 2.45) is 5.73 Å². The third-order valence-electron chi connectivity index (χ3n) is 0.946. The molecule has 1 rings (SSSR count). The van der Waals surface area contributed by atoms with Crippen LogP contribution in [0, 0.1) is 0 Å². The van der Waals surface area contributed by atoms with E-state index >= 15 is 0 Å². The molecular weight excluding hydrogens is 136 g/mol. The van der Waals surface area contributed by atoms with Crippen molar-refractivity contribution in [2.45, 2.75) is 0 Å². The van der Waals surface area contributed by atoms with Crippen LogP contribution in [0.2, 0.25) is 0 Å². The normalized spacial score (nSPS) is 16.0. The number of esters is 1. The number of carbonyl (C=O) groups is 2. The Kier molecular flexibility index (Phi) is 1.57. The number of rotatable bonds is 1. The predicted octanol–water partition coefficient (Wildman–Crippen LogP) is -0.905. The molecule has 0 radical (unpaired) electrons. The van der Waals surface area contributed by atoms with Gasteiger partial charge in [-0.05, 0) is 0 Å². The van der Waals surface area contributed by atoms with Crippen LogP contribution < -0.4 is 11.1 Å². The van der Waals surface area contributed by atoms with Crippen LogP contribution in [0.1, 0.15) is 0 Å². The first kappa shape index (κ1) is 6.60. The van der Waals surface area contributed by atoms with Crippen LogP contribution in [0.15, 0.2) is 11.8 Å². The molecule has 10 heavy (non-hydrogen) atoms. The minimum Gasteiger partial charge on any atom is -0.456 e. The van der Waals surface area contributed by atoms with Gasteiger partial charge in [0.05, 0.1) is 5.70 Å². The molecule has 0 spiro atoms. The number of hydrogen-bond donors (Lipinski definition) is 2. The summed E-state index contributed by atoms with van der Waals surface area (Å²) in [6.45, 7) is 0.0990. The molecule has 1 heterocycles. The van der Waals surface area contributed by atoms with Crippen LogP contribution in [0.4, 0.5) is 4.79 Å². The van der Waals surface area contributed by atoms with Crippen LogP contribution in [-0.4, -0.2) is 18.6 Å². The van der Waals surface area contributed by atoms with Gasteiger partial charge in [-0.2, -0.15) is 0 Å². The summed E-state index contributed by atoms with van der Waals surface area (Å²) in [6, 6.07) is -0.690. The van der Waals surface area contributed by atoms with E-state index in [9.17, 15) is 9.59 Å². The second-order valence-electron chi connectivity index (χ2n) is 1.77. The van der Waals surface area contributed by atoms with Gasteiger partial charge in [-0.1, -0.05) is 0 Å². The molecule has 0 aromatic carbocycles. The fourth-order valence-corrected chi connectivity index (χ4v) is 0.605. The number of primary amides is 1. The highest BCUT2D eigenvalue weighted by atomic mass is 16.5. The highest BCUT2D eigenvalue weighted by Crippen LogP contribution is 2.00. The largest absolute Gasteiger partial charge is 0.456 e.